The zero-order valence-electron chi connectivity index (χ0n) is 10.1. The predicted octanol–water partition coefficient (Wildman–Crippen LogP) is 3.66. The third-order valence-electron chi connectivity index (χ3n) is 2.93. The molecule has 3 heteroatoms. The Morgan fingerprint density at radius 1 is 1.38 bits per heavy atom. The van der Waals surface area contributed by atoms with Crippen LogP contribution in [0, 0.1) is 11.7 Å². The summed E-state index contributed by atoms with van der Waals surface area (Å²) < 4.78 is 13.5. The molecule has 90 valence electrons. The summed E-state index contributed by atoms with van der Waals surface area (Å²) in [4.78, 5) is 0. The second-order valence-electron chi connectivity index (χ2n) is 4.26. The van der Waals surface area contributed by atoms with Crippen LogP contribution in [0.4, 0.5) is 4.39 Å². The molecule has 0 spiro atoms. The van der Waals surface area contributed by atoms with Gasteiger partial charge in [0.05, 0.1) is 0 Å². The van der Waals surface area contributed by atoms with Crippen LogP contribution in [-0.4, -0.2) is 12.6 Å². The molecule has 1 rings (SSSR count). The first-order chi connectivity index (χ1) is 7.54. The van der Waals surface area contributed by atoms with E-state index in [0.29, 0.717) is 29.0 Å². The number of hydrogen-bond acceptors (Lipinski definition) is 1. The minimum absolute atomic E-state index is 0.167. The number of hydrogen-bond donors (Lipinski definition) is 1. The molecule has 1 aromatic carbocycles. The fourth-order valence-electron chi connectivity index (χ4n) is 1.75. The summed E-state index contributed by atoms with van der Waals surface area (Å²) in [7, 11) is 0. The molecular weight excluding hydrogens is 225 g/mol. The summed E-state index contributed by atoms with van der Waals surface area (Å²) in [6, 6.07) is 5.11. The van der Waals surface area contributed by atoms with Gasteiger partial charge in [-0.1, -0.05) is 25.4 Å². The zero-order valence-corrected chi connectivity index (χ0v) is 10.8. The molecule has 0 aromatic heterocycles. The molecule has 2 unspecified atom stereocenters. The van der Waals surface area contributed by atoms with Crippen LogP contribution in [0.15, 0.2) is 18.2 Å². The molecule has 1 aromatic rings. The van der Waals surface area contributed by atoms with E-state index >= 15 is 0 Å². The molecule has 0 amide bonds. The monoisotopic (exact) mass is 243 g/mol. The van der Waals surface area contributed by atoms with E-state index in [-0.39, 0.29) is 5.82 Å². The lowest BCUT2D eigenvalue weighted by molar-refractivity contribution is 0.401. The molecule has 2 atom stereocenters. The molecule has 0 aliphatic carbocycles. The van der Waals surface area contributed by atoms with Gasteiger partial charge in [0.15, 0.2) is 0 Å². The van der Waals surface area contributed by atoms with Crippen LogP contribution in [0.1, 0.15) is 26.3 Å². The maximum absolute atomic E-state index is 13.5. The van der Waals surface area contributed by atoms with Gasteiger partial charge in [0.25, 0.3) is 0 Å². The van der Waals surface area contributed by atoms with Crippen molar-refractivity contribution in [1.29, 1.82) is 0 Å². The van der Waals surface area contributed by atoms with Crippen molar-refractivity contribution in [1.82, 2.24) is 5.32 Å². The van der Waals surface area contributed by atoms with Crippen molar-refractivity contribution < 1.29 is 4.39 Å². The zero-order chi connectivity index (χ0) is 12.1. The lowest BCUT2D eigenvalue weighted by Crippen LogP contribution is -2.33. The highest BCUT2D eigenvalue weighted by molar-refractivity contribution is 6.30. The summed E-state index contributed by atoms with van der Waals surface area (Å²) in [6.45, 7) is 7.25. The van der Waals surface area contributed by atoms with Gasteiger partial charge in [0, 0.05) is 11.1 Å². The predicted molar refractivity (Wildman–Crippen MR) is 67.4 cm³/mol. The van der Waals surface area contributed by atoms with E-state index in [1.165, 1.54) is 6.07 Å². The highest BCUT2D eigenvalue weighted by atomic mass is 35.5. The van der Waals surface area contributed by atoms with Crippen LogP contribution in [0.2, 0.25) is 5.02 Å². The molecule has 0 aliphatic rings. The molecule has 0 saturated carbocycles. The van der Waals surface area contributed by atoms with Gasteiger partial charge in [0.1, 0.15) is 5.82 Å². The quantitative estimate of drug-likeness (QED) is 0.832. The Balaban J connectivity index is 2.68. The topological polar surface area (TPSA) is 12.0 Å². The van der Waals surface area contributed by atoms with Gasteiger partial charge in [-0.05, 0) is 49.6 Å². The molecule has 0 saturated heterocycles. The van der Waals surface area contributed by atoms with Crippen molar-refractivity contribution in [3.63, 3.8) is 0 Å². The lowest BCUT2D eigenvalue weighted by atomic mass is 9.94. The van der Waals surface area contributed by atoms with Gasteiger partial charge in [-0.25, -0.2) is 4.39 Å². The van der Waals surface area contributed by atoms with E-state index in [0.717, 1.165) is 6.54 Å². The van der Waals surface area contributed by atoms with Gasteiger partial charge in [-0.2, -0.15) is 0 Å². The fourth-order valence-corrected chi connectivity index (χ4v) is 1.94. The van der Waals surface area contributed by atoms with Crippen molar-refractivity contribution in [2.24, 2.45) is 5.92 Å². The first-order valence-electron chi connectivity index (χ1n) is 5.72. The average molecular weight is 244 g/mol. The summed E-state index contributed by atoms with van der Waals surface area (Å²) in [5.74, 6) is 0.216. The Hall–Kier alpha value is -0.600. The first kappa shape index (κ1) is 13.5. The number of halogens is 2. The number of nitrogens with one attached hydrogen (secondary N) is 1. The molecule has 1 nitrogen and oxygen atoms in total. The maximum Gasteiger partial charge on any atom is 0.126 e. The van der Waals surface area contributed by atoms with Crippen LogP contribution in [0.3, 0.4) is 0 Å². The second kappa shape index (κ2) is 6.21. The SMILES string of the molecule is CCNC(C)C(C)Cc1cc(Cl)ccc1F. The Labute approximate surface area is 102 Å². The average Bonchev–Trinajstić information content (AvgIpc) is 2.23. The van der Waals surface area contributed by atoms with Crippen LogP contribution >= 0.6 is 11.6 Å². The standard InChI is InChI=1S/C13H19ClFN/c1-4-16-10(3)9(2)7-11-8-12(14)5-6-13(11)15/h5-6,8-10,16H,4,7H2,1-3H3. The smallest absolute Gasteiger partial charge is 0.126 e. The largest absolute Gasteiger partial charge is 0.314 e. The van der Waals surface area contributed by atoms with Crippen LogP contribution in [0.25, 0.3) is 0 Å². The summed E-state index contributed by atoms with van der Waals surface area (Å²) in [5.41, 5.74) is 0.699. The second-order valence-corrected chi connectivity index (χ2v) is 4.70. The van der Waals surface area contributed by atoms with Crippen molar-refractivity contribution in [3.8, 4) is 0 Å². The molecule has 0 bridgehead atoms. The van der Waals surface area contributed by atoms with E-state index in [9.17, 15) is 4.39 Å². The van der Waals surface area contributed by atoms with Crippen LogP contribution in [-0.2, 0) is 6.42 Å². The maximum atomic E-state index is 13.5. The summed E-state index contributed by atoms with van der Waals surface area (Å²) in [6.07, 6.45) is 0.709. The Bertz CT molecular complexity index is 341. The highest BCUT2D eigenvalue weighted by Gasteiger charge is 2.14. The van der Waals surface area contributed by atoms with Gasteiger partial charge in [-0.3, -0.25) is 0 Å². The summed E-state index contributed by atoms with van der Waals surface area (Å²) in [5, 5.41) is 3.94. The van der Waals surface area contributed by atoms with E-state index in [1.807, 2.05) is 0 Å². The fraction of sp³-hybridized carbons (Fsp3) is 0.538. The molecule has 0 fully saturated rings. The van der Waals surface area contributed by atoms with Gasteiger partial charge >= 0.3 is 0 Å². The Morgan fingerprint density at radius 2 is 2.06 bits per heavy atom. The molecule has 16 heavy (non-hydrogen) atoms. The van der Waals surface area contributed by atoms with Crippen molar-refractivity contribution in [3.05, 3.63) is 34.6 Å². The normalized spacial score (nSPS) is 14.8. The molecule has 0 heterocycles. The summed E-state index contributed by atoms with van der Waals surface area (Å²) >= 11 is 5.86. The minimum atomic E-state index is -0.167. The van der Waals surface area contributed by atoms with E-state index in [1.54, 1.807) is 12.1 Å². The number of rotatable bonds is 5. The third kappa shape index (κ3) is 3.76. The molecular formula is C13H19ClFN. The third-order valence-corrected chi connectivity index (χ3v) is 3.16. The van der Waals surface area contributed by atoms with Crippen molar-refractivity contribution in [2.75, 3.05) is 6.54 Å². The van der Waals surface area contributed by atoms with Gasteiger partial charge in [-0.15, -0.1) is 0 Å². The Morgan fingerprint density at radius 3 is 2.69 bits per heavy atom. The molecule has 0 aliphatic heterocycles. The van der Waals surface area contributed by atoms with Crippen LogP contribution in [0.5, 0.6) is 0 Å². The molecule has 1 N–H and O–H groups in total. The molecule has 0 radical (unpaired) electrons. The van der Waals surface area contributed by atoms with E-state index in [2.05, 4.69) is 26.1 Å². The van der Waals surface area contributed by atoms with Gasteiger partial charge < -0.3 is 5.32 Å². The van der Waals surface area contributed by atoms with Crippen LogP contribution < -0.4 is 5.32 Å². The highest BCUT2D eigenvalue weighted by Crippen LogP contribution is 2.19. The van der Waals surface area contributed by atoms with Gasteiger partial charge in [0.2, 0.25) is 0 Å². The minimum Gasteiger partial charge on any atom is -0.314 e. The van der Waals surface area contributed by atoms with Crippen molar-refractivity contribution >= 4 is 11.6 Å². The van der Waals surface area contributed by atoms with E-state index < -0.39 is 0 Å². The number of benzene rings is 1. The lowest BCUT2D eigenvalue weighted by Gasteiger charge is -2.21. The van der Waals surface area contributed by atoms with Crippen molar-refractivity contribution in [2.45, 2.75) is 33.2 Å². The Kier molecular flexibility index (Phi) is 5.23. The first-order valence-corrected chi connectivity index (χ1v) is 6.09. The van der Waals surface area contributed by atoms with E-state index in [4.69, 9.17) is 11.6 Å².